The SMILES string of the molecule is CCC1CC(C(=O)O)C(c2nc(C3CSCCO3)no2)C1. The number of carboxylic acid groups (broad SMARTS) is 1. The molecule has 0 radical (unpaired) electrons. The molecule has 2 heterocycles. The van der Waals surface area contributed by atoms with Crippen molar-refractivity contribution >= 4 is 17.7 Å². The molecule has 0 spiro atoms. The molecule has 6 nitrogen and oxygen atoms in total. The highest BCUT2D eigenvalue weighted by Gasteiger charge is 2.42. The second-order valence-corrected chi connectivity index (χ2v) is 6.87. The van der Waals surface area contributed by atoms with E-state index in [1.54, 1.807) is 0 Å². The first-order valence-corrected chi connectivity index (χ1v) is 8.60. The maximum absolute atomic E-state index is 11.4. The fourth-order valence-electron chi connectivity index (χ4n) is 3.19. The Bertz CT molecular complexity index is 501. The van der Waals surface area contributed by atoms with E-state index in [9.17, 15) is 9.90 Å². The fourth-order valence-corrected chi connectivity index (χ4v) is 4.03. The normalized spacial score (nSPS) is 33.2. The Kier molecular flexibility index (Phi) is 4.49. The zero-order valence-corrected chi connectivity index (χ0v) is 12.8. The van der Waals surface area contributed by atoms with Gasteiger partial charge in [0.2, 0.25) is 11.7 Å². The molecule has 1 saturated carbocycles. The van der Waals surface area contributed by atoms with E-state index >= 15 is 0 Å². The molecule has 4 unspecified atom stereocenters. The Morgan fingerprint density at radius 3 is 3.00 bits per heavy atom. The first-order valence-electron chi connectivity index (χ1n) is 7.44. The van der Waals surface area contributed by atoms with E-state index in [-0.39, 0.29) is 12.0 Å². The maximum atomic E-state index is 11.4. The van der Waals surface area contributed by atoms with Crippen LogP contribution in [0.3, 0.4) is 0 Å². The van der Waals surface area contributed by atoms with Gasteiger partial charge in [-0.2, -0.15) is 16.7 Å². The first-order chi connectivity index (χ1) is 10.2. The lowest BCUT2D eigenvalue weighted by molar-refractivity contribution is -0.142. The number of hydrogen-bond donors (Lipinski definition) is 1. The summed E-state index contributed by atoms with van der Waals surface area (Å²) in [7, 11) is 0. The molecule has 3 rings (SSSR count). The first kappa shape index (κ1) is 14.8. The number of nitrogens with zero attached hydrogens (tertiary/aromatic N) is 2. The van der Waals surface area contributed by atoms with Gasteiger partial charge < -0.3 is 14.4 Å². The number of thioether (sulfide) groups is 1. The number of ether oxygens (including phenoxy) is 1. The van der Waals surface area contributed by atoms with Gasteiger partial charge in [-0.05, 0) is 18.8 Å². The summed E-state index contributed by atoms with van der Waals surface area (Å²) in [5.74, 6) is 1.92. The molecule has 1 aromatic heterocycles. The van der Waals surface area contributed by atoms with E-state index < -0.39 is 11.9 Å². The predicted octanol–water partition coefficient (Wildman–Crippen LogP) is 2.48. The number of aliphatic carboxylic acids is 1. The van der Waals surface area contributed by atoms with Crippen molar-refractivity contribution in [3.63, 3.8) is 0 Å². The topological polar surface area (TPSA) is 85.5 Å². The van der Waals surface area contributed by atoms with Crippen LogP contribution in [0.25, 0.3) is 0 Å². The molecular weight excluding hydrogens is 292 g/mol. The molecular formula is C14H20N2O4S. The Balaban J connectivity index is 1.76. The molecule has 21 heavy (non-hydrogen) atoms. The lowest BCUT2D eigenvalue weighted by atomic mass is 9.96. The Morgan fingerprint density at radius 2 is 2.33 bits per heavy atom. The largest absolute Gasteiger partial charge is 0.481 e. The average molecular weight is 312 g/mol. The van der Waals surface area contributed by atoms with Gasteiger partial charge in [-0.1, -0.05) is 18.5 Å². The third-order valence-corrected chi connectivity index (χ3v) is 5.43. The summed E-state index contributed by atoms with van der Waals surface area (Å²) < 4.78 is 11.0. The summed E-state index contributed by atoms with van der Waals surface area (Å²) in [5.41, 5.74) is 0. The van der Waals surface area contributed by atoms with E-state index in [4.69, 9.17) is 9.26 Å². The molecule has 4 atom stereocenters. The third-order valence-electron chi connectivity index (χ3n) is 4.43. The van der Waals surface area contributed by atoms with Gasteiger partial charge in [-0.3, -0.25) is 4.79 Å². The average Bonchev–Trinajstić information content (AvgIpc) is 3.14. The summed E-state index contributed by atoms with van der Waals surface area (Å²) in [6, 6.07) is 0. The standard InChI is InChI=1S/C14H20N2O4S/c1-2-8-5-9(10(6-8)14(17)18)13-15-12(16-20-13)11-7-21-4-3-19-11/h8-11H,2-7H2,1H3,(H,17,18). The van der Waals surface area contributed by atoms with Gasteiger partial charge in [0.15, 0.2) is 0 Å². The van der Waals surface area contributed by atoms with Crippen LogP contribution in [0.4, 0.5) is 0 Å². The minimum atomic E-state index is -0.764. The quantitative estimate of drug-likeness (QED) is 0.914. The van der Waals surface area contributed by atoms with Gasteiger partial charge in [0, 0.05) is 11.5 Å². The van der Waals surface area contributed by atoms with Crippen LogP contribution in [0, 0.1) is 11.8 Å². The van der Waals surface area contributed by atoms with Gasteiger partial charge in [0.1, 0.15) is 6.10 Å². The van der Waals surface area contributed by atoms with Crippen LogP contribution in [0.5, 0.6) is 0 Å². The second kappa shape index (κ2) is 6.36. The minimum absolute atomic E-state index is 0.132. The van der Waals surface area contributed by atoms with Crippen molar-refractivity contribution in [1.82, 2.24) is 10.1 Å². The summed E-state index contributed by atoms with van der Waals surface area (Å²) >= 11 is 1.81. The van der Waals surface area contributed by atoms with E-state index in [1.165, 1.54) is 0 Å². The molecule has 1 aromatic rings. The van der Waals surface area contributed by atoms with Crippen molar-refractivity contribution < 1.29 is 19.2 Å². The fraction of sp³-hybridized carbons (Fsp3) is 0.786. The predicted molar refractivity (Wildman–Crippen MR) is 77.2 cm³/mol. The van der Waals surface area contributed by atoms with Gasteiger partial charge >= 0.3 is 5.97 Å². The number of carbonyl (C=O) groups is 1. The molecule has 0 amide bonds. The molecule has 1 aliphatic heterocycles. The van der Waals surface area contributed by atoms with Crippen molar-refractivity contribution in [2.45, 2.75) is 38.2 Å². The third kappa shape index (κ3) is 3.08. The Labute approximate surface area is 127 Å². The van der Waals surface area contributed by atoms with E-state index in [1.807, 2.05) is 11.8 Å². The molecule has 2 fully saturated rings. The molecule has 1 saturated heterocycles. The second-order valence-electron chi connectivity index (χ2n) is 5.72. The molecule has 0 bridgehead atoms. The number of carboxylic acids is 1. The molecule has 0 aromatic carbocycles. The summed E-state index contributed by atoms with van der Waals surface area (Å²) in [6.45, 7) is 2.79. The summed E-state index contributed by atoms with van der Waals surface area (Å²) in [6.07, 6.45) is 2.37. The van der Waals surface area contributed by atoms with Crippen LogP contribution in [-0.2, 0) is 9.53 Å². The van der Waals surface area contributed by atoms with Crippen LogP contribution in [0.1, 0.15) is 49.9 Å². The highest BCUT2D eigenvalue weighted by molar-refractivity contribution is 7.99. The molecule has 116 valence electrons. The molecule has 7 heteroatoms. The monoisotopic (exact) mass is 312 g/mol. The van der Waals surface area contributed by atoms with Gasteiger partial charge in [-0.15, -0.1) is 0 Å². The van der Waals surface area contributed by atoms with Crippen LogP contribution >= 0.6 is 11.8 Å². The smallest absolute Gasteiger partial charge is 0.307 e. The van der Waals surface area contributed by atoms with Gasteiger partial charge in [0.05, 0.1) is 18.4 Å². The molecule has 1 aliphatic carbocycles. The zero-order valence-electron chi connectivity index (χ0n) is 12.0. The highest BCUT2D eigenvalue weighted by atomic mass is 32.2. The Morgan fingerprint density at radius 1 is 1.48 bits per heavy atom. The lowest BCUT2D eigenvalue weighted by Gasteiger charge is -2.18. The highest BCUT2D eigenvalue weighted by Crippen LogP contribution is 2.44. The minimum Gasteiger partial charge on any atom is -0.481 e. The van der Waals surface area contributed by atoms with Gasteiger partial charge in [-0.25, -0.2) is 0 Å². The number of rotatable bonds is 4. The lowest BCUT2D eigenvalue weighted by Crippen LogP contribution is -2.18. The molecule has 1 N–H and O–H groups in total. The molecule has 2 aliphatic rings. The Hall–Kier alpha value is -1.08. The van der Waals surface area contributed by atoms with Crippen LogP contribution < -0.4 is 0 Å². The van der Waals surface area contributed by atoms with Crippen LogP contribution in [0.2, 0.25) is 0 Å². The van der Waals surface area contributed by atoms with E-state index in [0.29, 0.717) is 30.7 Å². The van der Waals surface area contributed by atoms with E-state index in [0.717, 1.165) is 24.3 Å². The van der Waals surface area contributed by atoms with Crippen molar-refractivity contribution in [3.8, 4) is 0 Å². The zero-order chi connectivity index (χ0) is 14.8. The summed E-state index contributed by atoms with van der Waals surface area (Å²) in [5, 5.41) is 13.4. The van der Waals surface area contributed by atoms with Crippen LogP contribution in [-0.4, -0.2) is 39.3 Å². The van der Waals surface area contributed by atoms with Crippen molar-refractivity contribution in [2.75, 3.05) is 18.1 Å². The maximum Gasteiger partial charge on any atom is 0.307 e. The van der Waals surface area contributed by atoms with Crippen LogP contribution in [0.15, 0.2) is 4.52 Å². The van der Waals surface area contributed by atoms with Crippen molar-refractivity contribution in [3.05, 3.63) is 11.7 Å². The van der Waals surface area contributed by atoms with Gasteiger partial charge in [0.25, 0.3) is 0 Å². The summed E-state index contributed by atoms with van der Waals surface area (Å²) in [4.78, 5) is 15.9. The van der Waals surface area contributed by atoms with Crippen molar-refractivity contribution in [2.24, 2.45) is 11.8 Å². The number of hydrogen-bond acceptors (Lipinski definition) is 6. The van der Waals surface area contributed by atoms with E-state index in [2.05, 4.69) is 17.1 Å². The number of aromatic nitrogens is 2. The van der Waals surface area contributed by atoms with Crippen molar-refractivity contribution in [1.29, 1.82) is 0 Å².